The van der Waals surface area contributed by atoms with Crippen molar-refractivity contribution in [2.45, 2.75) is 67.2 Å². The lowest BCUT2D eigenvalue weighted by Crippen LogP contribution is -2.23. The molecule has 0 radical (unpaired) electrons. The molecule has 0 saturated heterocycles. The fraction of sp³-hybridized carbons (Fsp3) is 0.400. The molecule has 0 aliphatic rings. The molecule has 2 N–H and O–H groups in total. The summed E-state index contributed by atoms with van der Waals surface area (Å²) in [7, 11) is -1.10. The van der Waals surface area contributed by atoms with E-state index in [0.717, 1.165) is 63.9 Å². The number of hydrogen-bond donors (Lipinski definition) is 2. The third-order valence-corrected chi connectivity index (χ3v) is 8.56. The fourth-order valence-corrected chi connectivity index (χ4v) is 6.92. The number of aromatic hydroxyl groups is 2. The summed E-state index contributed by atoms with van der Waals surface area (Å²) in [6.07, 6.45) is 3.79. The van der Waals surface area contributed by atoms with E-state index in [4.69, 9.17) is 0 Å². The summed E-state index contributed by atoms with van der Waals surface area (Å²) < 4.78 is 0. The van der Waals surface area contributed by atoms with Crippen LogP contribution in [0.3, 0.4) is 0 Å². The molecule has 176 valence electrons. The number of aryl methyl sites for hydroxylation is 4. The first kappa shape index (κ1) is 25.3. The van der Waals surface area contributed by atoms with Crippen LogP contribution in [0.5, 0.6) is 11.5 Å². The molecule has 33 heavy (non-hydrogen) atoms. The van der Waals surface area contributed by atoms with Crippen molar-refractivity contribution in [1.82, 2.24) is 0 Å². The lowest BCUT2D eigenvalue weighted by Gasteiger charge is -2.25. The predicted molar refractivity (Wildman–Crippen MR) is 144 cm³/mol. The summed E-state index contributed by atoms with van der Waals surface area (Å²) in [5.74, 6) is 1.93. The van der Waals surface area contributed by atoms with E-state index < -0.39 is 7.92 Å². The van der Waals surface area contributed by atoms with Gasteiger partial charge in [-0.05, 0) is 99.0 Å². The number of benzene rings is 3. The van der Waals surface area contributed by atoms with Crippen LogP contribution in [0.4, 0.5) is 0 Å². The second-order valence-electron chi connectivity index (χ2n) is 10.1. The van der Waals surface area contributed by atoms with Gasteiger partial charge in [-0.25, -0.2) is 0 Å². The quantitative estimate of drug-likeness (QED) is 0.350. The van der Waals surface area contributed by atoms with Crippen molar-refractivity contribution in [3.63, 3.8) is 0 Å². The van der Waals surface area contributed by atoms with Crippen LogP contribution < -0.4 is 15.9 Å². The predicted octanol–water partition coefficient (Wildman–Crippen LogP) is 6.65. The van der Waals surface area contributed by atoms with Crippen LogP contribution in [0.15, 0.2) is 54.6 Å². The van der Waals surface area contributed by atoms with E-state index >= 15 is 0 Å². The van der Waals surface area contributed by atoms with E-state index in [0.29, 0.717) is 23.3 Å². The fourth-order valence-electron chi connectivity index (χ4n) is 4.26. The average molecular weight is 463 g/mol. The van der Waals surface area contributed by atoms with Gasteiger partial charge in [-0.2, -0.15) is 0 Å². The van der Waals surface area contributed by atoms with Crippen LogP contribution in [0, 0.1) is 25.7 Å². The van der Waals surface area contributed by atoms with Gasteiger partial charge >= 0.3 is 0 Å². The SMILES string of the molecule is Cc1cc(CCC(C)C)c(O)c(P(c2ccccc2)c2cc(C)cc(CCC(C)C)c2O)c1. The van der Waals surface area contributed by atoms with Gasteiger partial charge in [0.1, 0.15) is 11.5 Å². The lowest BCUT2D eigenvalue weighted by molar-refractivity contribution is 0.467. The zero-order chi connectivity index (χ0) is 24.1. The van der Waals surface area contributed by atoms with E-state index in [1.165, 1.54) is 0 Å². The van der Waals surface area contributed by atoms with Crippen LogP contribution in [0.2, 0.25) is 0 Å². The second kappa shape index (κ2) is 11.2. The Labute approximate surface area is 201 Å². The summed E-state index contributed by atoms with van der Waals surface area (Å²) >= 11 is 0. The highest BCUT2D eigenvalue weighted by atomic mass is 31.1. The Bertz CT molecular complexity index is 1000. The molecular weight excluding hydrogens is 423 g/mol. The highest BCUT2D eigenvalue weighted by Crippen LogP contribution is 2.42. The molecule has 0 fully saturated rings. The zero-order valence-corrected chi connectivity index (χ0v) is 21.9. The summed E-state index contributed by atoms with van der Waals surface area (Å²) in [5, 5.41) is 25.9. The van der Waals surface area contributed by atoms with Crippen LogP contribution in [-0.2, 0) is 12.8 Å². The Morgan fingerprint density at radius 3 is 1.48 bits per heavy atom. The topological polar surface area (TPSA) is 40.5 Å². The first-order valence-corrected chi connectivity index (χ1v) is 13.5. The monoisotopic (exact) mass is 462 g/mol. The maximum absolute atomic E-state index is 11.5. The highest BCUT2D eigenvalue weighted by Gasteiger charge is 2.26. The molecule has 0 aliphatic carbocycles. The van der Waals surface area contributed by atoms with Gasteiger partial charge in [-0.3, -0.25) is 0 Å². The molecule has 0 unspecified atom stereocenters. The first-order valence-electron chi connectivity index (χ1n) is 12.2. The first-order chi connectivity index (χ1) is 15.7. The third-order valence-electron chi connectivity index (χ3n) is 6.10. The molecule has 3 heteroatoms. The van der Waals surface area contributed by atoms with Gasteiger partial charge in [0.05, 0.1) is 0 Å². The summed E-state index contributed by atoms with van der Waals surface area (Å²) in [5.41, 5.74) is 4.32. The molecule has 0 aliphatic heterocycles. The minimum absolute atomic E-state index is 0.390. The van der Waals surface area contributed by atoms with Gasteiger partial charge in [0, 0.05) is 10.6 Å². The van der Waals surface area contributed by atoms with E-state index in [1.807, 2.05) is 18.2 Å². The molecule has 0 aromatic heterocycles. The number of rotatable bonds is 9. The molecule has 0 bridgehead atoms. The Morgan fingerprint density at radius 2 is 1.09 bits per heavy atom. The molecule has 2 nitrogen and oxygen atoms in total. The summed E-state index contributed by atoms with van der Waals surface area (Å²) in [6, 6.07) is 18.8. The van der Waals surface area contributed by atoms with E-state index in [1.54, 1.807) is 0 Å². The standard InChI is InChI=1S/C30H39O2P/c1-20(2)12-14-24-16-22(5)18-27(29(24)31)33(26-10-8-7-9-11-26)28-19-23(6)17-25(30(28)32)15-13-21(3)4/h7-11,16-21,31-32H,12-15H2,1-6H3. The number of phenolic OH excluding ortho intramolecular Hbond substituents is 2. The van der Waals surface area contributed by atoms with Crippen molar-refractivity contribution in [3.8, 4) is 11.5 Å². The molecule has 0 saturated carbocycles. The Kier molecular flexibility index (Phi) is 8.60. The lowest BCUT2D eigenvalue weighted by atomic mass is 10.0. The van der Waals surface area contributed by atoms with Crippen molar-refractivity contribution in [2.75, 3.05) is 0 Å². The zero-order valence-electron chi connectivity index (χ0n) is 21.0. The van der Waals surface area contributed by atoms with E-state index in [9.17, 15) is 10.2 Å². The van der Waals surface area contributed by atoms with Crippen molar-refractivity contribution in [3.05, 3.63) is 76.9 Å². The molecule has 3 aromatic rings. The minimum atomic E-state index is -1.10. The maximum Gasteiger partial charge on any atom is 0.127 e. The molecule has 3 rings (SSSR count). The van der Waals surface area contributed by atoms with Crippen molar-refractivity contribution < 1.29 is 10.2 Å². The third kappa shape index (κ3) is 6.39. The molecule has 0 spiro atoms. The van der Waals surface area contributed by atoms with Gasteiger partial charge < -0.3 is 10.2 Å². The van der Waals surface area contributed by atoms with Crippen molar-refractivity contribution in [2.24, 2.45) is 11.8 Å². The molecule has 0 atom stereocenters. The van der Waals surface area contributed by atoms with Crippen LogP contribution in [0.25, 0.3) is 0 Å². The van der Waals surface area contributed by atoms with Crippen molar-refractivity contribution in [1.29, 1.82) is 0 Å². The van der Waals surface area contributed by atoms with E-state index in [2.05, 4.69) is 77.9 Å². The second-order valence-corrected chi connectivity index (χ2v) is 12.3. The molecule has 3 aromatic carbocycles. The molecule has 0 amide bonds. The maximum atomic E-state index is 11.5. The van der Waals surface area contributed by atoms with Crippen molar-refractivity contribution >= 4 is 23.8 Å². The summed E-state index contributed by atoms with van der Waals surface area (Å²) in [6.45, 7) is 13.1. The van der Waals surface area contributed by atoms with Gasteiger partial charge in [0.25, 0.3) is 0 Å². The van der Waals surface area contributed by atoms with Crippen LogP contribution >= 0.6 is 7.92 Å². The van der Waals surface area contributed by atoms with Gasteiger partial charge in [0.15, 0.2) is 0 Å². The average Bonchev–Trinajstić information content (AvgIpc) is 2.76. The molecule has 0 heterocycles. The molecular formula is C30H39O2P. The van der Waals surface area contributed by atoms with Gasteiger partial charge in [-0.1, -0.05) is 70.2 Å². The normalized spacial score (nSPS) is 11.7. The highest BCUT2D eigenvalue weighted by molar-refractivity contribution is 7.80. The number of hydrogen-bond acceptors (Lipinski definition) is 2. The summed E-state index contributed by atoms with van der Waals surface area (Å²) in [4.78, 5) is 0. The minimum Gasteiger partial charge on any atom is -0.507 e. The van der Waals surface area contributed by atoms with Crippen LogP contribution in [-0.4, -0.2) is 10.2 Å². The van der Waals surface area contributed by atoms with Gasteiger partial charge in [0.2, 0.25) is 0 Å². The van der Waals surface area contributed by atoms with E-state index in [-0.39, 0.29) is 0 Å². The Morgan fingerprint density at radius 1 is 0.667 bits per heavy atom. The smallest absolute Gasteiger partial charge is 0.127 e. The van der Waals surface area contributed by atoms with Crippen LogP contribution in [0.1, 0.15) is 62.8 Å². The Balaban J connectivity index is 2.20. The largest absolute Gasteiger partial charge is 0.507 e. The number of phenols is 2. The Hall–Kier alpha value is -2.31. The van der Waals surface area contributed by atoms with Gasteiger partial charge in [-0.15, -0.1) is 0 Å².